The van der Waals surface area contributed by atoms with Gasteiger partial charge in [-0.05, 0) is 50.7 Å². The van der Waals surface area contributed by atoms with Gasteiger partial charge in [0.25, 0.3) is 0 Å². The summed E-state index contributed by atoms with van der Waals surface area (Å²) in [6, 6.07) is 3.71. The molecular formula is C23H33FN4O2. The topological polar surface area (TPSA) is 64.7 Å². The molecule has 3 aliphatic rings. The Hall–Kier alpha value is -2.15. The first-order chi connectivity index (χ1) is 14.3. The van der Waals surface area contributed by atoms with Crippen molar-refractivity contribution in [1.29, 1.82) is 0 Å². The van der Waals surface area contributed by atoms with Crippen LogP contribution in [0.3, 0.4) is 0 Å². The van der Waals surface area contributed by atoms with E-state index in [4.69, 9.17) is 0 Å². The summed E-state index contributed by atoms with van der Waals surface area (Å²) < 4.78 is 14.1. The van der Waals surface area contributed by atoms with Crippen molar-refractivity contribution >= 4 is 17.5 Å². The van der Waals surface area contributed by atoms with Gasteiger partial charge in [0.15, 0.2) is 0 Å². The Morgan fingerprint density at radius 3 is 2.80 bits per heavy atom. The van der Waals surface area contributed by atoms with Crippen LogP contribution in [0.2, 0.25) is 0 Å². The number of benzene rings is 1. The molecule has 2 N–H and O–H groups in total. The SMILES string of the molecule is CC(=O)N(C)[C@H]1CCN([C@H]2CCC[C@@H](NC(=O)C3Cc4c(F)ccc(C)c4N3)C2)C1. The molecule has 0 aromatic heterocycles. The molecule has 2 heterocycles. The molecule has 30 heavy (non-hydrogen) atoms. The number of carbonyl (C=O) groups excluding carboxylic acids is 2. The maximum absolute atomic E-state index is 14.1. The lowest BCUT2D eigenvalue weighted by molar-refractivity contribution is -0.129. The maximum atomic E-state index is 14.1. The molecule has 0 spiro atoms. The predicted octanol–water partition coefficient (Wildman–Crippen LogP) is 2.45. The van der Waals surface area contributed by atoms with Gasteiger partial charge in [0.05, 0.1) is 0 Å². The molecule has 1 aromatic rings. The number of amides is 2. The molecule has 2 fully saturated rings. The van der Waals surface area contributed by atoms with E-state index in [1.165, 1.54) is 6.07 Å². The van der Waals surface area contributed by atoms with Crippen LogP contribution >= 0.6 is 0 Å². The normalized spacial score (nSPS) is 28.7. The van der Waals surface area contributed by atoms with Crippen molar-refractivity contribution < 1.29 is 14.0 Å². The van der Waals surface area contributed by atoms with Gasteiger partial charge in [-0.2, -0.15) is 0 Å². The van der Waals surface area contributed by atoms with Crippen molar-refractivity contribution in [2.75, 3.05) is 25.5 Å². The minimum Gasteiger partial charge on any atom is -0.373 e. The average molecular weight is 417 g/mol. The van der Waals surface area contributed by atoms with Crippen molar-refractivity contribution in [1.82, 2.24) is 15.1 Å². The van der Waals surface area contributed by atoms with Crippen molar-refractivity contribution in [2.24, 2.45) is 0 Å². The summed E-state index contributed by atoms with van der Waals surface area (Å²) in [6.07, 6.45) is 5.57. The maximum Gasteiger partial charge on any atom is 0.243 e. The zero-order valence-corrected chi connectivity index (χ0v) is 18.2. The summed E-state index contributed by atoms with van der Waals surface area (Å²) in [5.74, 6) is -0.158. The Balaban J connectivity index is 1.32. The molecular weight excluding hydrogens is 383 g/mol. The van der Waals surface area contributed by atoms with Crippen LogP contribution in [-0.4, -0.2) is 65.9 Å². The van der Waals surface area contributed by atoms with Gasteiger partial charge in [-0.15, -0.1) is 0 Å². The fourth-order valence-corrected chi connectivity index (χ4v) is 5.33. The van der Waals surface area contributed by atoms with Crippen LogP contribution < -0.4 is 10.6 Å². The van der Waals surface area contributed by atoms with E-state index < -0.39 is 6.04 Å². The summed E-state index contributed by atoms with van der Waals surface area (Å²) in [6.45, 7) is 5.48. The molecule has 2 amide bonds. The van der Waals surface area contributed by atoms with E-state index >= 15 is 0 Å². The zero-order valence-electron chi connectivity index (χ0n) is 18.2. The van der Waals surface area contributed by atoms with Crippen LogP contribution in [0.25, 0.3) is 0 Å². The number of hydrogen-bond acceptors (Lipinski definition) is 4. The fraction of sp³-hybridized carbons (Fsp3) is 0.652. The Labute approximate surface area is 178 Å². The van der Waals surface area contributed by atoms with Crippen molar-refractivity contribution in [3.63, 3.8) is 0 Å². The second-order valence-electron chi connectivity index (χ2n) is 9.21. The molecule has 2 aliphatic heterocycles. The molecule has 6 nitrogen and oxygen atoms in total. The molecule has 1 unspecified atom stereocenters. The van der Waals surface area contributed by atoms with Gasteiger partial charge in [0, 0.05) is 62.9 Å². The number of likely N-dealkylation sites (N-methyl/N-ethyl adjacent to an activating group) is 1. The minimum absolute atomic E-state index is 0.0359. The molecule has 7 heteroatoms. The molecule has 4 rings (SSSR count). The summed E-state index contributed by atoms with van der Waals surface area (Å²) in [7, 11) is 1.89. The molecule has 164 valence electrons. The van der Waals surface area contributed by atoms with Crippen molar-refractivity contribution in [2.45, 2.75) is 76.5 Å². The third-order valence-electron chi connectivity index (χ3n) is 7.26. The number of fused-ring (bicyclic) bond motifs is 1. The smallest absolute Gasteiger partial charge is 0.243 e. The lowest BCUT2D eigenvalue weighted by atomic mass is 9.89. The van der Waals surface area contributed by atoms with Crippen LogP contribution in [0, 0.1) is 12.7 Å². The van der Waals surface area contributed by atoms with Gasteiger partial charge in [0.1, 0.15) is 11.9 Å². The first-order valence-corrected chi connectivity index (χ1v) is 11.2. The number of likely N-dealkylation sites (tertiary alicyclic amines) is 1. The highest BCUT2D eigenvalue weighted by atomic mass is 19.1. The number of halogens is 1. The molecule has 1 aromatic carbocycles. The van der Waals surface area contributed by atoms with Gasteiger partial charge in [-0.3, -0.25) is 14.5 Å². The van der Waals surface area contributed by atoms with E-state index in [1.807, 2.05) is 18.9 Å². The van der Waals surface area contributed by atoms with Crippen LogP contribution in [0.4, 0.5) is 10.1 Å². The van der Waals surface area contributed by atoms with Crippen molar-refractivity contribution in [3.05, 3.63) is 29.1 Å². The first kappa shape index (κ1) is 21.1. The zero-order chi connectivity index (χ0) is 21.4. The molecule has 1 saturated carbocycles. The van der Waals surface area contributed by atoms with Crippen LogP contribution in [-0.2, 0) is 16.0 Å². The van der Waals surface area contributed by atoms with Crippen molar-refractivity contribution in [3.8, 4) is 0 Å². The van der Waals surface area contributed by atoms with Crippen LogP contribution in [0.15, 0.2) is 12.1 Å². The van der Waals surface area contributed by atoms with E-state index in [0.29, 0.717) is 18.0 Å². The van der Waals surface area contributed by atoms with E-state index in [-0.39, 0.29) is 29.7 Å². The van der Waals surface area contributed by atoms with E-state index in [9.17, 15) is 14.0 Å². The van der Waals surface area contributed by atoms with Gasteiger partial charge in [-0.1, -0.05) is 6.07 Å². The van der Waals surface area contributed by atoms with Crippen LogP contribution in [0.1, 0.15) is 50.2 Å². The number of anilines is 1. The first-order valence-electron chi connectivity index (χ1n) is 11.2. The largest absolute Gasteiger partial charge is 0.373 e. The quantitative estimate of drug-likeness (QED) is 0.792. The van der Waals surface area contributed by atoms with E-state index in [0.717, 1.165) is 56.4 Å². The fourth-order valence-electron chi connectivity index (χ4n) is 5.33. The number of hydrogen-bond donors (Lipinski definition) is 2. The number of nitrogens with zero attached hydrogens (tertiary/aromatic N) is 2. The number of nitrogens with one attached hydrogen (secondary N) is 2. The Kier molecular flexibility index (Phi) is 6.00. The monoisotopic (exact) mass is 416 g/mol. The second-order valence-corrected chi connectivity index (χ2v) is 9.21. The third-order valence-corrected chi connectivity index (χ3v) is 7.26. The van der Waals surface area contributed by atoms with Gasteiger partial charge in [0.2, 0.25) is 11.8 Å². The minimum atomic E-state index is -0.406. The molecule has 0 bridgehead atoms. The van der Waals surface area contributed by atoms with E-state index in [1.54, 1.807) is 13.0 Å². The highest BCUT2D eigenvalue weighted by Crippen LogP contribution is 2.32. The molecule has 1 saturated heterocycles. The number of rotatable bonds is 4. The van der Waals surface area contributed by atoms with Gasteiger partial charge in [-0.25, -0.2) is 4.39 Å². The standard InChI is InChI=1S/C23H33FN4O2/c1-14-7-8-20(24)19-12-21(26-22(14)19)23(30)25-16-5-4-6-17(11-16)28-10-9-18(13-28)27(3)15(2)29/h7-8,16-18,21,26H,4-6,9-13H2,1-3H3,(H,25,30)/t16-,17+,18+,21?/m1/s1. The summed E-state index contributed by atoms with van der Waals surface area (Å²) in [4.78, 5) is 28.9. The average Bonchev–Trinajstić information content (AvgIpc) is 3.39. The summed E-state index contributed by atoms with van der Waals surface area (Å²) >= 11 is 0. The lowest BCUT2D eigenvalue weighted by Crippen LogP contribution is -2.49. The Morgan fingerprint density at radius 2 is 2.07 bits per heavy atom. The molecule has 0 radical (unpaired) electrons. The number of aryl methyl sites for hydroxylation is 1. The lowest BCUT2D eigenvalue weighted by Gasteiger charge is -2.36. The van der Waals surface area contributed by atoms with Crippen LogP contribution in [0.5, 0.6) is 0 Å². The molecule has 1 aliphatic carbocycles. The molecule has 4 atom stereocenters. The summed E-state index contributed by atoms with van der Waals surface area (Å²) in [5, 5.41) is 6.45. The third kappa shape index (κ3) is 4.17. The second kappa shape index (κ2) is 8.53. The van der Waals surface area contributed by atoms with E-state index in [2.05, 4.69) is 15.5 Å². The summed E-state index contributed by atoms with van der Waals surface area (Å²) in [5.41, 5.74) is 2.36. The Morgan fingerprint density at radius 1 is 1.27 bits per heavy atom. The Bertz CT molecular complexity index is 799. The highest BCUT2D eigenvalue weighted by molar-refractivity contribution is 5.88. The van der Waals surface area contributed by atoms with Gasteiger partial charge >= 0.3 is 0 Å². The van der Waals surface area contributed by atoms with Gasteiger partial charge < -0.3 is 15.5 Å². The number of carbonyl (C=O) groups is 2. The predicted molar refractivity (Wildman–Crippen MR) is 115 cm³/mol. The highest BCUT2D eigenvalue weighted by Gasteiger charge is 2.36.